The van der Waals surface area contributed by atoms with Crippen LogP contribution in [0.15, 0.2) is 12.4 Å². The second-order valence-corrected chi connectivity index (χ2v) is 5.32. The molecule has 1 aliphatic rings. The number of imidazole rings is 1. The lowest BCUT2D eigenvalue weighted by Gasteiger charge is -2.37. The highest BCUT2D eigenvalue weighted by Crippen LogP contribution is 2.35. The van der Waals surface area contributed by atoms with Crippen LogP contribution < -0.4 is 5.32 Å². The van der Waals surface area contributed by atoms with Crippen LogP contribution in [0.1, 0.15) is 32.5 Å². The second-order valence-electron chi connectivity index (χ2n) is 5.32. The molecule has 1 fully saturated rings. The molecule has 2 unspecified atom stereocenters. The Morgan fingerprint density at radius 1 is 1.44 bits per heavy atom. The van der Waals surface area contributed by atoms with Gasteiger partial charge in [0.1, 0.15) is 5.82 Å². The fraction of sp³-hybridized carbons (Fsp3) is 0.769. The van der Waals surface area contributed by atoms with E-state index in [0.717, 1.165) is 18.3 Å². The lowest BCUT2D eigenvalue weighted by molar-refractivity contribution is 0.164. The molecular weight excluding hydrogens is 198 g/mol. The van der Waals surface area contributed by atoms with Crippen molar-refractivity contribution in [2.24, 2.45) is 18.9 Å². The van der Waals surface area contributed by atoms with Gasteiger partial charge in [-0.1, -0.05) is 13.8 Å². The quantitative estimate of drug-likeness (QED) is 0.824. The van der Waals surface area contributed by atoms with Crippen LogP contribution in [0.25, 0.3) is 0 Å². The molecule has 1 N–H and O–H groups in total. The van der Waals surface area contributed by atoms with Crippen molar-refractivity contribution in [1.29, 1.82) is 0 Å². The minimum absolute atomic E-state index is 0.606. The number of aromatic nitrogens is 2. The highest BCUT2D eigenvalue weighted by atomic mass is 15.0. The van der Waals surface area contributed by atoms with Crippen LogP contribution in [-0.2, 0) is 13.5 Å². The van der Waals surface area contributed by atoms with Gasteiger partial charge in [0.25, 0.3) is 0 Å². The Kier molecular flexibility index (Phi) is 3.64. The summed E-state index contributed by atoms with van der Waals surface area (Å²) in [5.74, 6) is 2.94. The Balaban J connectivity index is 1.80. The zero-order chi connectivity index (χ0) is 11.5. The van der Waals surface area contributed by atoms with Crippen LogP contribution in [0.3, 0.4) is 0 Å². The molecule has 16 heavy (non-hydrogen) atoms. The van der Waals surface area contributed by atoms with Gasteiger partial charge in [0, 0.05) is 31.9 Å². The summed E-state index contributed by atoms with van der Waals surface area (Å²) in [6.45, 7) is 5.60. The molecular formula is C13H23N3. The second kappa shape index (κ2) is 5.00. The third-order valence-electron chi connectivity index (χ3n) is 3.73. The van der Waals surface area contributed by atoms with Gasteiger partial charge in [-0.25, -0.2) is 4.98 Å². The maximum atomic E-state index is 4.41. The van der Waals surface area contributed by atoms with Gasteiger partial charge in [-0.05, 0) is 31.2 Å². The smallest absolute Gasteiger partial charge is 0.108 e. The average molecular weight is 221 g/mol. The van der Waals surface area contributed by atoms with E-state index in [9.17, 15) is 0 Å². The number of rotatable bonds is 5. The lowest BCUT2D eigenvalue weighted by Crippen LogP contribution is -2.39. The van der Waals surface area contributed by atoms with Crippen molar-refractivity contribution in [3.63, 3.8) is 0 Å². The lowest BCUT2D eigenvalue weighted by atomic mass is 9.71. The summed E-state index contributed by atoms with van der Waals surface area (Å²) < 4.78 is 2.14. The van der Waals surface area contributed by atoms with E-state index in [-0.39, 0.29) is 0 Å². The van der Waals surface area contributed by atoms with Crippen LogP contribution in [-0.4, -0.2) is 22.1 Å². The fourth-order valence-corrected chi connectivity index (χ4v) is 2.39. The third-order valence-corrected chi connectivity index (χ3v) is 3.73. The molecule has 2 rings (SSSR count). The molecule has 1 saturated carbocycles. The average Bonchev–Trinajstić information content (AvgIpc) is 2.58. The maximum absolute atomic E-state index is 4.41. The van der Waals surface area contributed by atoms with Crippen LogP contribution >= 0.6 is 0 Å². The minimum atomic E-state index is 0.606. The minimum Gasteiger partial charge on any atom is -0.338 e. The van der Waals surface area contributed by atoms with Gasteiger partial charge in [-0.3, -0.25) is 0 Å². The Hall–Kier alpha value is -0.830. The monoisotopic (exact) mass is 221 g/mol. The molecule has 0 amide bonds. The van der Waals surface area contributed by atoms with E-state index in [1.54, 1.807) is 0 Å². The van der Waals surface area contributed by atoms with E-state index in [1.165, 1.54) is 25.2 Å². The number of aryl methyl sites for hydroxylation is 1. The van der Waals surface area contributed by atoms with E-state index < -0.39 is 0 Å². The Morgan fingerprint density at radius 2 is 2.19 bits per heavy atom. The first-order valence-corrected chi connectivity index (χ1v) is 6.36. The molecule has 3 nitrogen and oxygen atoms in total. The summed E-state index contributed by atoms with van der Waals surface area (Å²) in [4.78, 5) is 4.41. The van der Waals surface area contributed by atoms with Gasteiger partial charge >= 0.3 is 0 Å². The van der Waals surface area contributed by atoms with Gasteiger partial charge in [0.2, 0.25) is 0 Å². The molecule has 0 saturated heterocycles. The predicted molar refractivity (Wildman–Crippen MR) is 66.3 cm³/mol. The first-order valence-electron chi connectivity index (χ1n) is 6.36. The molecule has 2 atom stereocenters. The van der Waals surface area contributed by atoms with Crippen LogP contribution in [0.2, 0.25) is 0 Å². The van der Waals surface area contributed by atoms with Gasteiger partial charge in [-0.15, -0.1) is 0 Å². The number of nitrogens with zero attached hydrogens (tertiary/aromatic N) is 2. The zero-order valence-electron chi connectivity index (χ0n) is 10.6. The molecule has 0 aliphatic heterocycles. The summed E-state index contributed by atoms with van der Waals surface area (Å²) in [6.07, 6.45) is 7.84. The van der Waals surface area contributed by atoms with E-state index >= 15 is 0 Å². The molecule has 1 heterocycles. The van der Waals surface area contributed by atoms with E-state index in [4.69, 9.17) is 0 Å². The largest absolute Gasteiger partial charge is 0.338 e. The number of nitrogens with one attached hydrogen (secondary N) is 1. The SMILES string of the molecule is CC(C)NCC1CCC1Cc1nccn1C. The first-order chi connectivity index (χ1) is 7.66. The molecule has 1 aliphatic carbocycles. The first kappa shape index (κ1) is 11.6. The van der Waals surface area contributed by atoms with E-state index in [0.29, 0.717) is 6.04 Å². The summed E-state index contributed by atoms with van der Waals surface area (Å²) in [6, 6.07) is 0.606. The standard InChI is InChI=1S/C13H23N3/c1-10(2)15-9-12-5-4-11(12)8-13-14-6-7-16(13)3/h6-7,10-12,15H,4-5,8-9H2,1-3H3. The summed E-state index contributed by atoms with van der Waals surface area (Å²) in [5, 5.41) is 3.54. The van der Waals surface area contributed by atoms with Gasteiger partial charge < -0.3 is 9.88 Å². The molecule has 1 aromatic rings. The Morgan fingerprint density at radius 3 is 2.69 bits per heavy atom. The molecule has 0 aromatic carbocycles. The van der Waals surface area contributed by atoms with E-state index in [2.05, 4.69) is 35.8 Å². The summed E-state index contributed by atoms with van der Waals surface area (Å²) in [5.41, 5.74) is 0. The number of hydrogen-bond donors (Lipinski definition) is 1. The molecule has 1 aromatic heterocycles. The van der Waals surface area contributed by atoms with Crippen molar-refractivity contribution in [2.75, 3.05) is 6.54 Å². The molecule has 0 bridgehead atoms. The molecule has 0 spiro atoms. The van der Waals surface area contributed by atoms with Crippen molar-refractivity contribution < 1.29 is 0 Å². The van der Waals surface area contributed by atoms with Gasteiger partial charge in [0.05, 0.1) is 0 Å². The highest BCUT2D eigenvalue weighted by molar-refractivity contribution is 4.96. The Bertz CT molecular complexity index is 330. The van der Waals surface area contributed by atoms with E-state index in [1.807, 2.05) is 12.4 Å². The predicted octanol–water partition coefficient (Wildman–Crippen LogP) is 1.99. The zero-order valence-corrected chi connectivity index (χ0v) is 10.6. The van der Waals surface area contributed by atoms with Gasteiger partial charge in [-0.2, -0.15) is 0 Å². The summed E-state index contributed by atoms with van der Waals surface area (Å²) >= 11 is 0. The third kappa shape index (κ3) is 2.64. The highest BCUT2D eigenvalue weighted by Gasteiger charge is 2.31. The Labute approximate surface area is 98.3 Å². The van der Waals surface area contributed by atoms with Crippen LogP contribution in [0.5, 0.6) is 0 Å². The molecule has 90 valence electrons. The maximum Gasteiger partial charge on any atom is 0.108 e. The topological polar surface area (TPSA) is 29.9 Å². The normalized spacial score (nSPS) is 24.8. The van der Waals surface area contributed by atoms with Crippen molar-refractivity contribution in [2.45, 2.75) is 39.2 Å². The molecule has 3 heteroatoms. The fourth-order valence-electron chi connectivity index (χ4n) is 2.39. The van der Waals surface area contributed by atoms with Crippen LogP contribution in [0, 0.1) is 11.8 Å². The van der Waals surface area contributed by atoms with Gasteiger partial charge in [0.15, 0.2) is 0 Å². The number of hydrogen-bond acceptors (Lipinski definition) is 2. The van der Waals surface area contributed by atoms with Crippen molar-refractivity contribution in [1.82, 2.24) is 14.9 Å². The molecule has 0 radical (unpaired) electrons. The van der Waals surface area contributed by atoms with Crippen molar-refractivity contribution in [3.05, 3.63) is 18.2 Å². The van der Waals surface area contributed by atoms with Crippen LogP contribution in [0.4, 0.5) is 0 Å². The van der Waals surface area contributed by atoms with Crippen molar-refractivity contribution in [3.8, 4) is 0 Å². The summed E-state index contributed by atoms with van der Waals surface area (Å²) in [7, 11) is 2.09. The van der Waals surface area contributed by atoms with Crippen molar-refractivity contribution >= 4 is 0 Å².